The van der Waals surface area contributed by atoms with Crippen molar-refractivity contribution in [2.45, 2.75) is 0 Å². The van der Waals surface area contributed by atoms with Gasteiger partial charge in [-0.25, -0.2) is 9.36 Å². The van der Waals surface area contributed by atoms with Gasteiger partial charge in [0.15, 0.2) is 11.5 Å². The molecule has 1 aromatic heterocycles. The molecule has 6 heteroatoms. The van der Waals surface area contributed by atoms with Crippen molar-refractivity contribution >= 4 is 23.0 Å². The van der Waals surface area contributed by atoms with E-state index in [-0.39, 0.29) is 5.69 Å². The molecule has 0 unspecified atom stereocenters. The van der Waals surface area contributed by atoms with Crippen molar-refractivity contribution < 1.29 is 14.3 Å². The summed E-state index contributed by atoms with van der Waals surface area (Å²) in [6.07, 6.45) is 3.01. The van der Waals surface area contributed by atoms with Crippen LogP contribution in [0.15, 0.2) is 53.3 Å². The Kier molecular flexibility index (Phi) is 4.43. The van der Waals surface area contributed by atoms with Gasteiger partial charge in [0.25, 0.3) is 5.91 Å². The van der Waals surface area contributed by atoms with E-state index in [9.17, 15) is 9.59 Å². The summed E-state index contributed by atoms with van der Waals surface area (Å²) in [5.41, 5.74) is 1.68. The smallest absolute Gasteiger partial charge is 0.335 e. The highest BCUT2D eigenvalue weighted by Crippen LogP contribution is 2.28. The summed E-state index contributed by atoms with van der Waals surface area (Å²) >= 11 is 0. The van der Waals surface area contributed by atoms with E-state index in [0.29, 0.717) is 22.5 Å². The molecule has 2 aromatic carbocycles. The third-order valence-corrected chi connectivity index (χ3v) is 4.01. The SMILES string of the molecule is COc1ccc(C=CC(=O)n2c(=O)n(C)c3ccccc32)cc1OC. The number of para-hydroxylation sites is 2. The number of aromatic nitrogens is 2. The first-order valence-corrected chi connectivity index (χ1v) is 7.67. The summed E-state index contributed by atoms with van der Waals surface area (Å²) in [6, 6.07) is 12.5. The number of methoxy groups -OCH3 is 2. The quantitative estimate of drug-likeness (QED) is 0.686. The van der Waals surface area contributed by atoms with E-state index in [4.69, 9.17) is 9.47 Å². The highest BCUT2D eigenvalue weighted by atomic mass is 16.5. The van der Waals surface area contributed by atoms with Gasteiger partial charge in [0, 0.05) is 13.1 Å². The van der Waals surface area contributed by atoms with E-state index in [1.807, 2.05) is 6.07 Å². The van der Waals surface area contributed by atoms with Gasteiger partial charge in [-0.05, 0) is 35.9 Å². The van der Waals surface area contributed by atoms with Gasteiger partial charge in [-0.15, -0.1) is 0 Å². The second kappa shape index (κ2) is 6.68. The van der Waals surface area contributed by atoms with Gasteiger partial charge in [0.05, 0.1) is 25.3 Å². The van der Waals surface area contributed by atoms with E-state index in [1.54, 1.807) is 63.7 Å². The molecule has 0 aliphatic carbocycles. The normalized spacial score (nSPS) is 11.2. The summed E-state index contributed by atoms with van der Waals surface area (Å²) < 4.78 is 13.0. The lowest BCUT2D eigenvalue weighted by Gasteiger charge is -2.07. The molecule has 0 fully saturated rings. The standard InChI is InChI=1S/C19H18N2O4/c1-20-14-6-4-5-7-15(14)21(19(20)23)18(22)11-9-13-8-10-16(24-2)17(12-13)25-3/h4-12H,1-3H3. The number of fused-ring (bicyclic) bond motifs is 1. The molecule has 0 amide bonds. The second-order valence-electron chi connectivity index (χ2n) is 5.45. The average Bonchev–Trinajstić information content (AvgIpc) is 2.90. The molecular formula is C19H18N2O4. The fraction of sp³-hybridized carbons (Fsp3) is 0.158. The summed E-state index contributed by atoms with van der Waals surface area (Å²) in [5.74, 6) is 0.771. The third-order valence-electron chi connectivity index (χ3n) is 4.01. The highest BCUT2D eigenvalue weighted by Gasteiger charge is 2.14. The fourth-order valence-electron chi connectivity index (χ4n) is 2.70. The zero-order chi connectivity index (χ0) is 18.0. The predicted octanol–water partition coefficient (Wildman–Crippen LogP) is 2.71. The Labute approximate surface area is 144 Å². The van der Waals surface area contributed by atoms with Crippen LogP contribution in [0.1, 0.15) is 10.4 Å². The number of carbonyl (C=O) groups excluding carboxylic acids is 1. The molecule has 0 N–H and O–H groups in total. The van der Waals surface area contributed by atoms with Gasteiger partial charge in [-0.1, -0.05) is 18.2 Å². The summed E-state index contributed by atoms with van der Waals surface area (Å²) in [6.45, 7) is 0. The van der Waals surface area contributed by atoms with Crippen LogP contribution in [0.25, 0.3) is 17.1 Å². The molecule has 0 radical (unpaired) electrons. The molecule has 3 aromatic rings. The summed E-state index contributed by atoms with van der Waals surface area (Å²) in [5, 5.41) is 0. The molecule has 6 nitrogen and oxygen atoms in total. The molecule has 0 aliphatic heterocycles. The Morgan fingerprint density at radius 1 is 1.00 bits per heavy atom. The van der Waals surface area contributed by atoms with Crippen LogP contribution < -0.4 is 15.2 Å². The van der Waals surface area contributed by atoms with E-state index >= 15 is 0 Å². The van der Waals surface area contributed by atoms with Crippen molar-refractivity contribution in [1.29, 1.82) is 0 Å². The molecule has 0 bridgehead atoms. The summed E-state index contributed by atoms with van der Waals surface area (Å²) in [4.78, 5) is 24.9. The minimum Gasteiger partial charge on any atom is -0.493 e. The predicted molar refractivity (Wildman–Crippen MR) is 96.4 cm³/mol. The largest absolute Gasteiger partial charge is 0.493 e. The van der Waals surface area contributed by atoms with Crippen LogP contribution in [0, 0.1) is 0 Å². The van der Waals surface area contributed by atoms with Crippen LogP contribution in [0.3, 0.4) is 0 Å². The number of carbonyl (C=O) groups is 1. The Morgan fingerprint density at radius 2 is 1.68 bits per heavy atom. The van der Waals surface area contributed by atoms with Crippen LogP contribution >= 0.6 is 0 Å². The minimum absolute atomic E-state index is 0.372. The van der Waals surface area contributed by atoms with E-state index in [2.05, 4.69) is 0 Å². The van der Waals surface area contributed by atoms with Crippen LogP contribution in [-0.4, -0.2) is 29.3 Å². The maximum Gasteiger partial charge on any atom is 0.335 e. The maximum atomic E-state index is 12.6. The Hall–Kier alpha value is -3.28. The lowest BCUT2D eigenvalue weighted by molar-refractivity contribution is 0.0970. The number of aryl methyl sites for hydroxylation is 1. The van der Waals surface area contributed by atoms with Gasteiger partial charge in [0.2, 0.25) is 0 Å². The van der Waals surface area contributed by atoms with Gasteiger partial charge in [-0.3, -0.25) is 9.36 Å². The molecule has 0 aliphatic rings. The second-order valence-corrected chi connectivity index (χ2v) is 5.45. The lowest BCUT2D eigenvalue weighted by atomic mass is 10.2. The number of hydrogen-bond donors (Lipinski definition) is 0. The molecule has 0 saturated heterocycles. The number of hydrogen-bond acceptors (Lipinski definition) is 4. The van der Waals surface area contributed by atoms with E-state index in [0.717, 1.165) is 10.1 Å². The van der Waals surface area contributed by atoms with Crippen molar-refractivity contribution in [1.82, 2.24) is 9.13 Å². The van der Waals surface area contributed by atoms with Crippen molar-refractivity contribution in [2.75, 3.05) is 14.2 Å². The Balaban J connectivity index is 1.97. The molecule has 3 rings (SSSR count). The molecule has 0 saturated carbocycles. The Morgan fingerprint density at radius 3 is 2.36 bits per heavy atom. The molecule has 0 spiro atoms. The van der Waals surface area contributed by atoms with Crippen LogP contribution in [0.4, 0.5) is 0 Å². The highest BCUT2D eigenvalue weighted by molar-refractivity contribution is 5.99. The van der Waals surface area contributed by atoms with Gasteiger partial charge in [-0.2, -0.15) is 0 Å². The molecule has 25 heavy (non-hydrogen) atoms. The van der Waals surface area contributed by atoms with Crippen LogP contribution in [-0.2, 0) is 7.05 Å². The molecule has 0 atom stereocenters. The molecular weight excluding hydrogens is 320 g/mol. The number of allylic oxidation sites excluding steroid dienone is 1. The number of rotatable bonds is 4. The summed E-state index contributed by atoms with van der Waals surface area (Å²) in [7, 11) is 4.75. The van der Waals surface area contributed by atoms with E-state index < -0.39 is 5.91 Å². The van der Waals surface area contributed by atoms with Crippen molar-refractivity contribution in [3.63, 3.8) is 0 Å². The lowest BCUT2D eigenvalue weighted by Crippen LogP contribution is -2.26. The third kappa shape index (κ3) is 2.94. The van der Waals surface area contributed by atoms with Crippen LogP contribution in [0.2, 0.25) is 0 Å². The first-order chi connectivity index (χ1) is 12.1. The average molecular weight is 338 g/mol. The topological polar surface area (TPSA) is 62.5 Å². The van der Waals surface area contributed by atoms with Gasteiger partial charge in [0.1, 0.15) is 0 Å². The van der Waals surface area contributed by atoms with Crippen molar-refractivity contribution in [3.05, 3.63) is 64.6 Å². The van der Waals surface area contributed by atoms with Crippen molar-refractivity contribution in [2.24, 2.45) is 7.05 Å². The zero-order valence-electron chi connectivity index (χ0n) is 14.2. The number of benzene rings is 2. The monoisotopic (exact) mass is 338 g/mol. The fourth-order valence-corrected chi connectivity index (χ4v) is 2.70. The maximum absolute atomic E-state index is 12.6. The van der Waals surface area contributed by atoms with Gasteiger partial charge >= 0.3 is 5.69 Å². The number of ether oxygens (including phenoxy) is 2. The number of imidazole rings is 1. The zero-order valence-corrected chi connectivity index (χ0v) is 14.2. The molecule has 128 valence electrons. The van der Waals surface area contributed by atoms with Crippen molar-refractivity contribution in [3.8, 4) is 11.5 Å². The van der Waals surface area contributed by atoms with E-state index in [1.165, 1.54) is 10.6 Å². The first-order valence-electron chi connectivity index (χ1n) is 7.67. The minimum atomic E-state index is -0.406. The van der Waals surface area contributed by atoms with Crippen LogP contribution in [0.5, 0.6) is 11.5 Å². The number of nitrogens with zero attached hydrogens (tertiary/aromatic N) is 2. The van der Waals surface area contributed by atoms with Gasteiger partial charge < -0.3 is 9.47 Å². The molecule has 1 heterocycles. The first kappa shape index (κ1) is 16.6. The Bertz CT molecular complexity index is 1030.